The van der Waals surface area contributed by atoms with Crippen LogP contribution in [0.3, 0.4) is 0 Å². The maximum atomic E-state index is 12.3. The molecule has 1 unspecified atom stereocenters. The molecule has 0 bridgehead atoms. The molecule has 0 aromatic carbocycles. The van der Waals surface area contributed by atoms with Gasteiger partial charge in [0.2, 0.25) is 5.91 Å². The van der Waals surface area contributed by atoms with E-state index in [0.29, 0.717) is 24.5 Å². The molecule has 2 amide bonds. The normalized spacial score (nSPS) is 29.9. The molecule has 24 heavy (non-hydrogen) atoms. The van der Waals surface area contributed by atoms with E-state index in [1.165, 1.54) is 6.92 Å². The Labute approximate surface area is 139 Å². The molecule has 126 valence electrons. The second-order valence-corrected chi connectivity index (χ2v) is 6.03. The largest absolute Gasteiger partial charge is 0.463 e. The van der Waals surface area contributed by atoms with Crippen LogP contribution in [-0.2, 0) is 14.3 Å². The zero-order valence-corrected chi connectivity index (χ0v) is 13.2. The van der Waals surface area contributed by atoms with Gasteiger partial charge in [-0.2, -0.15) is 0 Å². The van der Waals surface area contributed by atoms with E-state index in [1.54, 1.807) is 11.2 Å². The van der Waals surface area contributed by atoms with Crippen LogP contribution < -0.4 is 10.7 Å². The van der Waals surface area contributed by atoms with Crippen molar-refractivity contribution in [2.45, 2.75) is 25.0 Å². The molecule has 1 aliphatic carbocycles. The number of nitrogens with zero attached hydrogens (tertiary/aromatic N) is 2. The third-order valence-electron chi connectivity index (χ3n) is 4.47. The zero-order chi connectivity index (χ0) is 16.7. The van der Waals surface area contributed by atoms with E-state index < -0.39 is 11.6 Å². The Balaban J connectivity index is 1.62. The van der Waals surface area contributed by atoms with Crippen molar-refractivity contribution in [1.82, 2.24) is 20.7 Å². The average molecular weight is 330 g/mol. The van der Waals surface area contributed by atoms with E-state index in [1.807, 2.05) is 35.6 Å². The highest BCUT2D eigenvalue weighted by Gasteiger charge is 2.48. The summed E-state index contributed by atoms with van der Waals surface area (Å²) in [5, 5.41) is 4.62. The highest BCUT2D eigenvalue weighted by molar-refractivity contribution is 5.75. The number of cyclic esters (lactones) is 1. The van der Waals surface area contributed by atoms with Crippen molar-refractivity contribution < 1.29 is 19.1 Å². The van der Waals surface area contributed by atoms with Crippen molar-refractivity contribution >= 4 is 12.0 Å². The van der Waals surface area contributed by atoms with Gasteiger partial charge in [0.15, 0.2) is 5.76 Å². The molecule has 2 atom stereocenters. The maximum Gasteiger partial charge on any atom is 0.414 e. The molecular weight excluding hydrogens is 312 g/mol. The molecule has 8 heteroatoms. The Morgan fingerprint density at radius 3 is 3.25 bits per heavy atom. The first kappa shape index (κ1) is 14.7. The van der Waals surface area contributed by atoms with E-state index in [-0.39, 0.29) is 12.0 Å². The molecular formula is C16H18N4O4. The molecule has 3 aliphatic heterocycles. The number of ether oxygens (including phenoxy) is 2. The smallest absolute Gasteiger partial charge is 0.414 e. The molecule has 0 aromatic heterocycles. The predicted octanol–water partition coefficient (Wildman–Crippen LogP) is 0.689. The number of hydrazine groups is 1. The van der Waals surface area contributed by atoms with Crippen molar-refractivity contribution in [3.63, 3.8) is 0 Å². The molecule has 1 fully saturated rings. The summed E-state index contributed by atoms with van der Waals surface area (Å²) in [6.07, 6.45) is 11.1. The van der Waals surface area contributed by atoms with Crippen LogP contribution in [0.25, 0.3) is 0 Å². The van der Waals surface area contributed by atoms with Gasteiger partial charge in [-0.3, -0.25) is 14.7 Å². The summed E-state index contributed by atoms with van der Waals surface area (Å²) in [7, 11) is 0. The van der Waals surface area contributed by atoms with Crippen LogP contribution >= 0.6 is 0 Å². The van der Waals surface area contributed by atoms with Crippen molar-refractivity contribution in [3.8, 4) is 0 Å². The number of hydrogen-bond donors (Lipinski definition) is 2. The molecule has 0 aromatic rings. The fourth-order valence-corrected chi connectivity index (χ4v) is 3.34. The van der Waals surface area contributed by atoms with Gasteiger partial charge in [-0.15, -0.1) is 0 Å². The molecule has 1 saturated heterocycles. The lowest BCUT2D eigenvalue weighted by Crippen LogP contribution is -2.51. The van der Waals surface area contributed by atoms with Crippen molar-refractivity contribution in [2.75, 3.05) is 13.1 Å². The number of carbonyl (C=O) groups excluding carboxylic acids is 2. The number of nitrogens with one attached hydrogen (secondary N) is 2. The first-order chi connectivity index (χ1) is 11.6. The van der Waals surface area contributed by atoms with Gasteiger partial charge in [0, 0.05) is 19.5 Å². The Morgan fingerprint density at radius 2 is 2.42 bits per heavy atom. The summed E-state index contributed by atoms with van der Waals surface area (Å²) in [4.78, 5) is 24.9. The maximum absolute atomic E-state index is 12.3. The monoisotopic (exact) mass is 330 g/mol. The second-order valence-electron chi connectivity index (χ2n) is 6.03. The number of carbonyl (C=O) groups is 2. The third-order valence-corrected chi connectivity index (χ3v) is 4.47. The van der Waals surface area contributed by atoms with Crippen LogP contribution in [0.2, 0.25) is 0 Å². The lowest BCUT2D eigenvalue weighted by Gasteiger charge is -2.42. The fraction of sp³-hybridized carbons (Fsp3) is 0.375. The van der Waals surface area contributed by atoms with Crippen LogP contribution in [0.5, 0.6) is 0 Å². The van der Waals surface area contributed by atoms with Gasteiger partial charge in [0.1, 0.15) is 17.9 Å². The highest BCUT2D eigenvalue weighted by atomic mass is 16.6. The predicted molar refractivity (Wildman–Crippen MR) is 83.5 cm³/mol. The number of allylic oxidation sites excluding steroid dienone is 1. The van der Waals surface area contributed by atoms with Crippen molar-refractivity contribution in [2.24, 2.45) is 0 Å². The molecule has 2 N–H and O–H groups in total. The summed E-state index contributed by atoms with van der Waals surface area (Å²) in [5.74, 6) is 0.535. The summed E-state index contributed by atoms with van der Waals surface area (Å²) >= 11 is 0. The number of rotatable bonds is 3. The van der Waals surface area contributed by atoms with Crippen LogP contribution in [0.15, 0.2) is 48.3 Å². The van der Waals surface area contributed by atoms with Gasteiger partial charge in [-0.25, -0.2) is 4.79 Å². The van der Waals surface area contributed by atoms with Gasteiger partial charge >= 0.3 is 6.09 Å². The number of hydrogen-bond acceptors (Lipinski definition) is 6. The third kappa shape index (κ3) is 2.14. The van der Waals surface area contributed by atoms with E-state index in [2.05, 4.69) is 10.7 Å². The van der Waals surface area contributed by atoms with Crippen LogP contribution in [0.1, 0.15) is 13.3 Å². The minimum atomic E-state index is -0.463. The Hall–Kier alpha value is -2.90. The molecule has 4 aliphatic rings. The Kier molecular flexibility index (Phi) is 3.26. The molecule has 0 saturated carbocycles. The van der Waals surface area contributed by atoms with Gasteiger partial charge in [0.25, 0.3) is 0 Å². The quantitative estimate of drug-likeness (QED) is 0.792. The molecule has 0 radical (unpaired) electrons. The Morgan fingerprint density at radius 1 is 1.54 bits per heavy atom. The molecule has 1 spiro atoms. The fourth-order valence-electron chi connectivity index (χ4n) is 3.34. The van der Waals surface area contributed by atoms with Crippen LogP contribution in [0, 0.1) is 0 Å². The van der Waals surface area contributed by atoms with E-state index >= 15 is 0 Å². The summed E-state index contributed by atoms with van der Waals surface area (Å²) in [6, 6.07) is 0. The molecule has 8 nitrogen and oxygen atoms in total. The first-order valence-electron chi connectivity index (χ1n) is 7.80. The standard InChI is InChI=1S/C16H18N4O4/c1-11(21)17-9-12-10-19(15(22)24-12)13-3-2-4-16-5-6-18-20(16)7-8-23-14(13)16/h2-3,5-8,12,18H,4,9-10H2,1H3,(H,17,21)/t12-,16?/m0/s1. The van der Waals surface area contributed by atoms with Crippen LogP contribution in [-0.4, -0.2) is 46.6 Å². The topological polar surface area (TPSA) is 83.1 Å². The van der Waals surface area contributed by atoms with Gasteiger partial charge in [-0.05, 0) is 12.2 Å². The van der Waals surface area contributed by atoms with E-state index in [0.717, 1.165) is 6.42 Å². The van der Waals surface area contributed by atoms with Gasteiger partial charge < -0.3 is 20.2 Å². The molecule has 4 rings (SSSR count). The zero-order valence-electron chi connectivity index (χ0n) is 13.2. The van der Waals surface area contributed by atoms with Gasteiger partial charge in [-0.1, -0.05) is 6.08 Å². The number of amides is 2. The van der Waals surface area contributed by atoms with Gasteiger partial charge in [0.05, 0.1) is 25.0 Å². The first-order valence-corrected chi connectivity index (χ1v) is 7.80. The lowest BCUT2D eigenvalue weighted by molar-refractivity contribution is -0.119. The van der Waals surface area contributed by atoms with Crippen molar-refractivity contribution in [1.29, 1.82) is 0 Å². The Bertz CT molecular complexity index is 711. The average Bonchev–Trinajstić information content (AvgIpc) is 3.14. The van der Waals surface area contributed by atoms with Crippen LogP contribution in [0.4, 0.5) is 4.79 Å². The van der Waals surface area contributed by atoms with Crippen molar-refractivity contribution in [3.05, 3.63) is 48.3 Å². The van der Waals surface area contributed by atoms with E-state index in [9.17, 15) is 9.59 Å². The summed E-state index contributed by atoms with van der Waals surface area (Å²) in [5.41, 5.74) is 3.36. The minimum Gasteiger partial charge on any atom is -0.463 e. The summed E-state index contributed by atoms with van der Waals surface area (Å²) in [6.45, 7) is 2.09. The SMILES string of the molecule is CC(=O)NC[C@H]1CN(C2=C3OC=CN4NC=CC34CC=C2)C(=O)O1. The second kappa shape index (κ2) is 5.33. The minimum absolute atomic E-state index is 0.151. The lowest BCUT2D eigenvalue weighted by atomic mass is 9.86. The van der Waals surface area contributed by atoms with E-state index in [4.69, 9.17) is 9.47 Å². The highest BCUT2D eigenvalue weighted by Crippen LogP contribution is 2.42. The summed E-state index contributed by atoms with van der Waals surface area (Å²) < 4.78 is 11.1. The molecule has 3 heterocycles.